The molecule has 0 aliphatic heterocycles. The first-order chi connectivity index (χ1) is 9.50. The van der Waals surface area contributed by atoms with E-state index in [1.54, 1.807) is 0 Å². The molecule has 2 N–H and O–H groups in total. The van der Waals surface area contributed by atoms with Crippen LogP contribution in [0.4, 0.5) is 0 Å². The Balaban J connectivity index is 1.92. The molecule has 0 aromatic carbocycles. The predicted octanol–water partition coefficient (Wildman–Crippen LogP) is 3.07. The van der Waals surface area contributed by atoms with E-state index < -0.39 is 5.97 Å². The van der Waals surface area contributed by atoms with Crippen LogP contribution >= 0.6 is 0 Å². The van der Waals surface area contributed by atoms with Crippen LogP contribution < -0.4 is 5.32 Å². The van der Waals surface area contributed by atoms with E-state index in [2.05, 4.69) is 12.2 Å². The van der Waals surface area contributed by atoms with E-state index in [1.807, 2.05) is 0 Å². The van der Waals surface area contributed by atoms with E-state index in [0.717, 1.165) is 19.1 Å². The van der Waals surface area contributed by atoms with Crippen molar-refractivity contribution in [2.45, 2.75) is 45.4 Å². The Bertz CT molecular complexity index is 484. The van der Waals surface area contributed by atoms with Crippen LogP contribution in [0.15, 0.2) is 16.7 Å². The summed E-state index contributed by atoms with van der Waals surface area (Å²) in [6.07, 6.45) is 8.27. The molecular weight excluding hydrogens is 258 g/mol. The van der Waals surface area contributed by atoms with Gasteiger partial charge in [-0.1, -0.05) is 32.6 Å². The molecule has 0 spiro atoms. The minimum absolute atomic E-state index is 0.00386. The Hall–Kier alpha value is -1.78. The fraction of sp³-hybridized carbons (Fsp3) is 0.600. The normalized spacial score (nSPS) is 18.2. The molecule has 0 saturated heterocycles. The van der Waals surface area contributed by atoms with Gasteiger partial charge < -0.3 is 14.8 Å². The summed E-state index contributed by atoms with van der Waals surface area (Å²) in [6, 6.07) is 1.26. The Kier molecular flexibility index (Phi) is 4.47. The number of aromatic carboxylic acids is 1. The summed E-state index contributed by atoms with van der Waals surface area (Å²) in [4.78, 5) is 22.7. The smallest absolute Gasteiger partial charge is 0.338 e. The van der Waals surface area contributed by atoms with Gasteiger partial charge in [0.15, 0.2) is 5.76 Å². The first kappa shape index (κ1) is 14.6. The van der Waals surface area contributed by atoms with Gasteiger partial charge in [-0.2, -0.15) is 0 Å². The second kappa shape index (κ2) is 6.11. The van der Waals surface area contributed by atoms with Crippen molar-refractivity contribution in [1.82, 2.24) is 5.32 Å². The monoisotopic (exact) mass is 279 g/mol. The van der Waals surface area contributed by atoms with Crippen LogP contribution in [0.5, 0.6) is 0 Å². The van der Waals surface area contributed by atoms with Crippen LogP contribution in [-0.4, -0.2) is 23.5 Å². The van der Waals surface area contributed by atoms with Crippen LogP contribution in [0.1, 0.15) is 66.4 Å². The largest absolute Gasteiger partial charge is 0.478 e. The standard InChI is InChI=1S/C15H21NO4/c1-15(6-4-2-3-5-7-15)10-16-13(17)12-8-11(9-20-12)14(18)19/h8-9H,2-7,10H2,1H3,(H,16,17)(H,18,19). The first-order valence-electron chi connectivity index (χ1n) is 7.10. The minimum Gasteiger partial charge on any atom is -0.478 e. The van der Waals surface area contributed by atoms with Crippen LogP contribution in [0.25, 0.3) is 0 Å². The van der Waals surface area contributed by atoms with Gasteiger partial charge in [0.1, 0.15) is 6.26 Å². The maximum atomic E-state index is 12.0. The van der Waals surface area contributed by atoms with Crippen molar-refractivity contribution in [1.29, 1.82) is 0 Å². The van der Waals surface area contributed by atoms with Crippen molar-refractivity contribution in [3.63, 3.8) is 0 Å². The lowest BCUT2D eigenvalue weighted by atomic mass is 9.82. The SMILES string of the molecule is CC1(CNC(=O)c2cc(C(=O)O)co2)CCCCCC1. The summed E-state index contributed by atoms with van der Waals surface area (Å²) in [5, 5.41) is 11.7. The molecule has 1 aliphatic rings. The van der Waals surface area contributed by atoms with Crippen LogP contribution in [0.3, 0.4) is 0 Å². The zero-order valence-corrected chi connectivity index (χ0v) is 11.8. The third-order valence-electron chi connectivity index (χ3n) is 4.06. The van der Waals surface area contributed by atoms with E-state index in [4.69, 9.17) is 9.52 Å². The van der Waals surface area contributed by atoms with Crippen molar-refractivity contribution in [3.05, 3.63) is 23.7 Å². The van der Waals surface area contributed by atoms with Crippen molar-refractivity contribution < 1.29 is 19.1 Å². The molecule has 1 fully saturated rings. The van der Waals surface area contributed by atoms with Gasteiger partial charge in [-0.25, -0.2) is 4.79 Å². The molecule has 110 valence electrons. The summed E-state index contributed by atoms with van der Waals surface area (Å²) < 4.78 is 4.99. The van der Waals surface area contributed by atoms with Crippen molar-refractivity contribution in [3.8, 4) is 0 Å². The number of carboxylic acid groups (broad SMARTS) is 1. The lowest BCUT2D eigenvalue weighted by Crippen LogP contribution is -2.35. The molecule has 0 atom stereocenters. The minimum atomic E-state index is -1.09. The van der Waals surface area contributed by atoms with E-state index in [-0.39, 0.29) is 22.6 Å². The quantitative estimate of drug-likeness (QED) is 0.830. The number of amides is 1. The zero-order valence-electron chi connectivity index (χ0n) is 11.8. The molecule has 0 bridgehead atoms. The van der Waals surface area contributed by atoms with Gasteiger partial charge in [0.05, 0.1) is 5.56 Å². The number of carboxylic acids is 1. The Morgan fingerprint density at radius 3 is 2.50 bits per heavy atom. The summed E-state index contributed by atoms with van der Waals surface area (Å²) in [6.45, 7) is 2.80. The predicted molar refractivity (Wildman–Crippen MR) is 73.8 cm³/mol. The molecule has 1 aromatic heterocycles. The highest BCUT2D eigenvalue weighted by molar-refractivity contribution is 5.95. The fourth-order valence-electron chi connectivity index (χ4n) is 2.71. The van der Waals surface area contributed by atoms with Gasteiger partial charge in [-0.05, 0) is 18.3 Å². The van der Waals surface area contributed by atoms with Gasteiger partial charge >= 0.3 is 5.97 Å². The van der Waals surface area contributed by atoms with Crippen molar-refractivity contribution >= 4 is 11.9 Å². The molecule has 0 unspecified atom stereocenters. The highest BCUT2D eigenvalue weighted by Crippen LogP contribution is 2.33. The second-order valence-corrected chi connectivity index (χ2v) is 5.91. The van der Waals surface area contributed by atoms with E-state index >= 15 is 0 Å². The Morgan fingerprint density at radius 1 is 1.30 bits per heavy atom. The zero-order chi connectivity index (χ0) is 14.6. The lowest BCUT2D eigenvalue weighted by molar-refractivity contribution is 0.0696. The average Bonchev–Trinajstić information content (AvgIpc) is 2.81. The topological polar surface area (TPSA) is 79.5 Å². The molecular formula is C15H21NO4. The molecule has 5 heteroatoms. The third kappa shape index (κ3) is 3.62. The number of rotatable bonds is 4. The Morgan fingerprint density at radius 2 is 1.95 bits per heavy atom. The molecule has 0 radical (unpaired) electrons. The summed E-state index contributed by atoms with van der Waals surface area (Å²) in [5.41, 5.74) is 0.129. The summed E-state index contributed by atoms with van der Waals surface area (Å²) in [7, 11) is 0. The Labute approximate surface area is 118 Å². The fourth-order valence-corrected chi connectivity index (χ4v) is 2.71. The molecule has 1 heterocycles. The summed E-state index contributed by atoms with van der Waals surface area (Å²) >= 11 is 0. The average molecular weight is 279 g/mol. The van der Waals surface area contributed by atoms with Crippen LogP contribution in [0.2, 0.25) is 0 Å². The number of hydrogen-bond donors (Lipinski definition) is 2. The molecule has 1 amide bonds. The third-order valence-corrected chi connectivity index (χ3v) is 4.06. The highest BCUT2D eigenvalue weighted by atomic mass is 16.4. The number of furan rings is 1. The second-order valence-electron chi connectivity index (χ2n) is 5.91. The maximum Gasteiger partial charge on any atom is 0.338 e. The number of carbonyl (C=O) groups excluding carboxylic acids is 1. The number of hydrogen-bond acceptors (Lipinski definition) is 3. The van der Waals surface area contributed by atoms with E-state index in [0.29, 0.717) is 6.54 Å². The molecule has 2 rings (SSSR count). The van der Waals surface area contributed by atoms with Crippen molar-refractivity contribution in [2.75, 3.05) is 6.54 Å². The van der Waals surface area contributed by atoms with Crippen LogP contribution in [0, 0.1) is 5.41 Å². The van der Waals surface area contributed by atoms with Gasteiger partial charge in [0.2, 0.25) is 0 Å². The van der Waals surface area contributed by atoms with E-state index in [1.165, 1.54) is 31.7 Å². The molecule has 1 aliphatic carbocycles. The molecule has 20 heavy (non-hydrogen) atoms. The molecule has 1 aromatic rings. The van der Waals surface area contributed by atoms with E-state index in [9.17, 15) is 9.59 Å². The van der Waals surface area contributed by atoms with Gasteiger partial charge in [0, 0.05) is 12.6 Å². The van der Waals surface area contributed by atoms with Crippen LogP contribution in [-0.2, 0) is 0 Å². The van der Waals surface area contributed by atoms with Crippen molar-refractivity contribution in [2.24, 2.45) is 5.41 Å². The molecule has 1 saturated carbocycles. The molecule has 5 nitrogen and oxygen atoms in total. The lowest BCUT2D eigenvalue weighted by Gasteiger charge is -2.28. The summed E-state index contributed by atoms with van der Waals surface area (Å²) in [5.74, 6) is -1.38. The van der Waals surface area contributed by atoms with Gasteiger partial charge in [-0.3, -0.25) is 4.79 Å². The first-order valence-corrected chi connectivity index (χ1v) is 7.10. The maximum absolute atomic E-state index is 12.0. The van der Waals surface area contributed by atoms with Gasteiger partial charge in [-0.15, -0.1) is 0 Å². The highest BCUT2D eigenvalue weighted by Gasteiger charge is 2.26. The number of nitrogens with one attached hydrogen (secondary N) is 1. The van der Waals surface area contributed by atoms with Gasteiger partial charge in [0.25, 0.3) is 5.91 Å². The number of carbonyl (C=O) groups is 2.